The minimum absolute atomic E-state index is 0.175. The van der Waals surface area contributed by atoms with Crippen LogP contribution in [0.4, 0.5) is 8.78 Å². The molecule has 3 nitrogen and oxygen atoms in total. The smallest absolute Gasteiger partial charge is 0.342 e. The van der Waals surface area contributed by atoms with Crippen molar-refractivity contribution in [2.24, 2.45) is 0 Å². The third kappa shape index (κ3) is 3.98. The van der Waals surface area contributed by atoms with Crippen molar-refractivity contribution in [3.8, 4) is 0 Å². The van der Waals surface area contributed by atoms with E-state index in [9.17, 15) is 18.4 Å². The molecule has 1 rings (SSSR count). The lowest BCUT2D eigenvalue weighted by Crippen LogP contribution is -2.17. The molecule has 0 atom stereocenters. The summed E-state index contributed by atoms with van der Waals surface area (Å²) in [6.07, 6.45) is 0.582. The fraction of sp³-hybridized carbons (Fsp3) is 0.286. The van der Waals surface area contributed by atoms with Gasteiger partial charge in [-0.1, -0.05) is 12.1 Å². The topological polar surface area (TPSA) is 43.4 Å². The molecule has 0 aliphatic heterocycles. The number of carbonyl (C=O) groups is 2. The zero-order chi connectivity index (χ0) is 14.6. The Bertz CT molecular complexity index is 533. The molecule has 0 fully saturated rings. The van der Waals surface area contributed by atoms with Crippen LogP contribution in [0.15, 0.2) is 23.8 Å². The van der Waals surface area contributed by atoms with Gasteiger partial charge in [0.25, 0.3) is 0 Å². The third-order valence-corrected chi connectivity index (χ3v) is 2.22. The van der Waals surface area contributed by atoms with Gasteiger partial charge in [0.05, 0.1) is 6.10 Å². The molecule has 0 radical (unpaired) electrons. The summed E-state index contributed by atoms with van der Waals surface area (Å²) in [5.41, 5.74) is -0.496. The van der Waals surface area contributed by atoms with Crippen LogP contribution in [-0.2, 0) is 14.3 Å². The first kappa shape index (κ1) is 15.0. The zero-order valence-corrected chi connectivity index (χ0v) is 10.9. The van der Waals surface area contributed by atoms with Crippen LogP contribution < -0.4 is 0 Å². The van der Waals surface area contributed by atoms with Crippen LogP contribution in [0.1, 0.15) is 26.3 Å². The molecule has 5 heteroatoms. The highest BCUT2D eigenvalue weighted by Crippen LogP contribution is 2.16. The molecular formula is C14H14F2O3. The predicted molar refractivity (Wildman–Crippen MR) is 66.2 cm³/mol. The Morgan fingerprint density at radius 1 is 1.26 bits per heavy atom. The van der Waals surface area contributed by atoms with Crippen LogP contribution in [-0.4, -0.2) is 17.9 Å². The summed E-state index contributed by atoms with van der Waals surface area (Å²) in [5, 5.41) is 0. The lowest BCUT2D eigenvalue weighted by atomic mass is 10.1. The van der Waals surface area contributed by atoms with E-state index in [4.69, 9.17) is 4.74 Å². The van der Waals surface area contributed by atoms with E-state index in [2.05, 4.69) is 0 Å². The minimum Gasteiger partial charge on any atom is -0.459 e. The van der Waals surface area contributed by atoms with E-state index in [1.54, 1.807) is 13.8 Å². The first-order chi connectivity index (χ1) is 8.82. The largest absolute Gasteiger partial charge is 0.459 e. The Labute approximate surface area is 109 Å². The minimum atomic E-state index is -1.11. The summed E-state index contributed by atoms with van der Waals surface area (Å²) in [4.78, 5) is 23.1. The van der Waals surface area contributed by atoms with E-state index in [1.807, 2.05) is 0 Å². The van der Waals surface area contributed by atoms with Crippen molar-refractivity contribution in [2.45, 2.75) is 26.9 Å². The molecule has 0 heterocycles. The summed E-state index contributed by atoms with van der Waals surface area (Å²) < 4.78 is 31.4. The number of carbonyl (C=O) groups excluding carboxylic acids is 2. The molecule has 0 saturated heterocycles. The number of ketones is 1. The molecule has 1 aromatic carbocycles. The SMILES string of the molecule is CC(=O)/C(=C\c1cccc(F)c1F)C(=O)OC(C)C. The molecule has 0 saturated carbocycles. The molecule has 0 aliphatic carbocycles. The van der Waals surface area contributed by atoms with Crippen molar-refractivity contribution in [2.75, 3.05) is 0 Å². The fourth-order valence-electron chi connectivity index (χ4n) is 1.37. The lowest BCUT2D eigenvalue weighted by Gasteiger charge is -2.09. The van der Waals surface area contributed by atoms with Gasteiger partial charge in [-0.2, -0.15) is 0 Å². The standard InChI is InChI=1S/C14H14F2O3/c1-8(2)19-14(18)11(9(3)17)7-10-5-4-6-12(15)13(10)16/h4-8H,1-3H3/b11-7+. The lowest BCUT2D eigenvalue weighted by molar-refractivity contribution is -0.143. The maximum absolute atomic E-state index is 13.5. The number of esters is 1. The van der Waals surface area contributed by atoms with Gasteiger partial charge >= 0.3 is 5.97 Å². The number of ether oxygens (including phenoxy) is 1. The van der Waals surface area contributed by atoms with Gasteiger partial charge in [0.15, 0.2) is 17.4 Å². The third-order valence-electron chi connectivity index (χ3n) is 2.22. The van der Waals surface area contributed by atoms with Gasteiger partial charge in [0.2, 0.25) is 0 Å². The summed E-state index contributed by atoms with van der Waals surface area (Å²) in [7, 11) is 0. The van der Waals surface area contributed by atoms with Gasteiger partial charge in [0.1, 0.15) is 5.57 Å². The Balaban J connectivity index is 3.19. The van der Waals surface area contributed by atoms with Crippen molar-refractivity contribution in [3.63, 3.8) is 0 Å². The Morgan fingerprint density at radius 3 is 2.42 bits per heavy atom. The van der Waals surface area contributed by atoms with E-state index >= 15 is 0 Å². The molecule has 102 valence electrons. The molecule has 0 bridgehead atoms. The van der Waals surface area contributed by atoms with E-state index in [1.165, 1.54) is 12.1 Å². The highest BCUT2D eigenvalue weighted by molar-refractivity contribution is 6.19. The Morgan fingerprint density at radius 2 is 1.89 bits per heavy atom. The van der Waals surface area contributed by atoms with E-state index in [-0.39, 0.29) is 11.1 Å². The van der Waals surface area contributed by atoms with Crippen LogP contribution >= 0.6 is 0 Å². The maximum Gasteiger partial charge on any atom is 0.342 e. The molecule has 1 aromatic rings. The number of hydrogen-bond donors (Lipinski definition) is 0. The van der Waals surface area contributed by atoms with Crippen LogP contribution in [0.2, 0.25) is 0 Å². The molecule has 0 spiro atoms. The monoisotopic (exact) mass is 268 g/mol. The summed E-state index contributed by atoms with van der Waals surface area (Å²) in [6.45, 7) is 4.40. The van der Waals surface area contributed by atoms with Crippen molar-refractivity contribution >= 4 is 17.8 Å². The Hall–Kier alpha value is -2.04. The average molecular weight is 268 g/mol. The maximum atomic E-state index is 13.5. The summed E-state index contributed by atoms with van der Waals surface area (Å²) in [6, 6.07) is 3.51. The predicted octanol–water partition coefficient (Wildman–Crippen LogP) is 2.89. The quantitative estimate of drug-likeness (QED) is 0.365. The fourth-order valence-corrected chi connectivity index (χ4v) is 1.37. The second-order valence-electron chi connectivity index (χ2n) is 4.21. The molecule has 0 N–H and O–H groups in total. The van der Waals surface area contributed by atoms with E-state index in [0.717, 1.165) is 19.1 Å². The van der Waals surface area contributed by atoms with Gasteiger partial charge in [-0.25, -0.2) is 13.6 Å². The van der Waals surface area contributed by atoms with Crippen molar-refractivity contribution in [1.82, 2.24) is 0 Å². The van der Waals surface area contributed by atoms with Crippen LogP contribution in [0, 0.1) is 11.6 Å². The number of hydrogen-bond acceptors (Lipinski definition) is 3. The van der Waals surface area contributed by atoms with Gasteiger partial charge in [-0.3, -0.25) is 4.79 Å². The van der Waals surface area contributed by atoms with Gasteiger partial charge in [0, 0.05) is 5.56 Å². The second-order valence-corrected chi connectivity index (χ2v) is 4.21. The highest BCUT2D eigenvalue weighted by Gasteiger charge is 2.18. The number of Topliss-reactive ketones (excluding diaryl/α,β-unsaturated/α-hetero) is 1. The first-order valence-electron chi connectivity index (χ1n) is 5.70. The normalized spacial score (nSPS) is 11.6. The average Bonchev–Trinajstić information content (AvgIpc) is 2.29. The van der Waals surface area contributed by atoms with Gasteiger partial charge in [-0.15, -0.1) is 0 Å². The van der Waals surface area contributed by atoms with Crippen LogP contribution in [0.25, 0.3) is 6.08 Å². The van der Waals surface area contributed by atoms with E-state index < -0.39 is 29.5 Å². The van der Waals surface area contributed by atoms with Gasteiger partial charge in [-0.05, 0) is 32.9 Å². The van der Waals surface area contributed by atoms with Gasteiger partial charge < -0.3 is 4.74 Å². The number of benzene rings is 1. The van der Waals surface area contributed by atoms with Crippen LogP contribution in [0.3, 0.4) is 0 Å². The van der Waals surface area contributed by atoms with Crippen molar-refractivity contribution in [3.05, 3.63) is 41.0 Å². The van der Waals surface area contributed by atoms with Crippen molar-refractivity contribution < 1.29 is 23.1 Å². The second kappa shape index (κ2) is 6.22. The molecular weight excluding hydrogens is 254 g/mol. The molecule has 0 aliphatic rings. The highest BCUT2D eigenvalue weighted by atomic mass is 19.2. The Kier molecular flexibility index (Phi) is 4.92. The first-order valence-corrected chi connectivity index (χ1v) is 5.70. The van der Waals surface area contributed by atoms with Crippen LogP contribution in [0.5, 0.6) is 0 Å². The molecule has 0 amide bonds. The van der Waals surface area contributed by atoms with E-state index in [0.29, 0.717) is 0 Å². The summed E-state index contributed by atoms with van der Waals surface area (Å²) >= 11 is 0. The zero-order valence-electron chi connectivity index (χ0n) is 10.9. The summed E-state index contributed by atoms with van der Waals surface area (Å²) in [5.74, 6) is -3.59. The molecule has 19 heavy (non-hydrogen) atoms. The number of rotatable bonds is 4. The molecule has 0 aromatic heterocycles. The molecule has 0 unspecified atom stereocenters. The number of halogens is 2. The van der Waals surface area contributed by atoms with Crippen molar-refractivity contribution in [1.29, 1.82) is 0 Å².